The minimum absolute atomic E-state index is 0.0700. The molecule has 0 aliphatic rings. The van der Waals surface area contributed by atoms with E-state index in [1.165, 1.54) is 11.8 Å². The molecule has 1 unspecified atom stereocenters. The summed E-state index contributed by atoms with van der Waals surface area (Å²) in [5, 5.41) is 11.8. The van der Waals surface area contributed by atoms with Gasteiger partial charge in [0.1, 0.15) is 0 Å². The Morgan fingerprint density at radius 1 is 1.44 bits per heavy atom. The summed E-state index contributed by atoms with van der Waals surface area (Å²) in [4.78, 5) is 11.8. The molecule has 1 aromatic rings. The fourth-order valence-electron chi connectivity index (χ4n) is 1.27. The highest BCUT2D eigenvalue weighted by atomic mass is 79.9. The summed E-state index contributed by atoms with van der Waals surface area (Å²) in [6, 6.07) is 3.90. The van der Waals surface area contributed by atoms with E-state index in [0.717, 1.165) is 20.2 Å². The Labute approximate surface area is 128 Å². The molecule has 0 bridgehead atoms. The highest BCUT2D eigenvalue weighted by molar-refractivity contribution is 9.11. The Morgan fingerprint density at radius 2 is 2.00 bits per heavy atom. The van der Waals surface area contributed by atoms with Gasteiger partial charge in [0.15, 0.2) is 0 Å². The van der Waals surface area contributed by atoms with Gasteiger partial charge >= 0.3 is 0 Å². The van der Waals surface area contributed by atoms with Crippen molar-refractivity contribution in [2.24, 2.45) is 0 Å². The Hall–Kier alpha value is -0.0400. The fourth-order valence-corrected chi connectivity index (χ4v) is 3.49. The number of halogens is 2. The second kappa shape index (κ2) is 7.53. The topological polar surface area (TPSA) is 49.3 Å². The van der Waals surface area contributed by atoms with Crippen LogP contribution in [0.25, 0.3) is 0 Å². The molecular formula is C12H15Br2NO2S. The molecule has 0 spiro atoms. The molecule has 6 heteroatoms. The zero-order chi connectivity index (χ0) is 13.7. The smallest absolute Gasteiger partial charge is 0.234 e. The van der Waals surface area contributed by atoms with E-state index in [-0.39, 0.29) is 17.8 Å². The molecule has 100 valence electrons. The van der Waals surface area contributed by atoms with E-state index in [9.17, 15) is 4.79 Å². The molecule has 0 aliphatic heterocycles. The zero-order valence-corrected chi connectivity index (χ0v) is 14.2. The number of aliphatic hydroxyl groups is 1. The first-order valence-corrected chi connectivity index (χ1v) is 8.05. The second-order valence-electron chi connectivity index (χ2n) is 3.96. The van der Waals surface area contributed by atoms with Crippen LogP contribution < -0.4 is 5.32 Å². The van der Waals surface area contributed by atoms with Crippen molar-refractivity contribution in [2.75, 3.05) is 17.7 Å². The molecule has 0 fully saturated rings. The van der Waals surface area contributed by atoms with Gasteiger partial charge in [0.05, 0.1) is 18.0 Å². The van der Waals surface area contributed by atoms with Gasteiger partial charge in [-0.2, -0.15) is 0 Å². The summed E-state index contributed by atoms with van der Waals surface area (Å²) in [5.41, 5.74) is 1.85. The fraction of sp³-hybridized carbons (Fsp3) is 0.417. The van der Waals surface area contributed by atoms with Crippen LogP contribution in [0.4, 0.5) is 5.69 Å². The maximum atomic E-state index is 11.8. The van der Waals surface area contributed by atoms with Crippen LogP contribution in [0.2, 0.25) is 0 Å². The van der Waals surface area contributed by atoms with E-state index >= 15 is 0 Å². The van der Waals surface area contributed by atoms with Crippen LogP contribution in [0.3, 0.4) is 0 Å². The number of thioether (sulfide) groups is 1. The third-order valence-corrected chi connectivity index (χ3v) is 4.60. The molecule has 1 amide bonds. The van der Waals surface area contributed by atoms with Crippen molar-refractivity contribution < 1.29 is 9.90 Å². The van der Waals surface area contributed by atoms with E-state index in [2.05, 4.69) is 37.2 Å². The van der Waals surface area contributed by atoms with Gasteiger partial charge in [-0.25, -0.2) is 0 Å². The van der Waals surface area contributed by atoms with Crippen LogP contribution >= 0.6 is 43.6 Å². The minimum Gasteiger partial charge on any atom is -0.395 e. The lowest BCUT2D eigenvalue weighted by molar-refractivity contribution is -0.113. The molecule has 2 N–H and O–H groups in total. The van der Waals surface area contributed by atoms with E-state index in [4.69, 9.17) is 5.11 Å². The number of nitrogens with one attached hydrogen (secondary N) is 1. The van der Waals surface area contributed by atoms with Crippen LogP contribution in [0.15, 0.2) is 21.1 Å². The number of amides is 1. The largest absolute Gasteiger partial charge is 0.395 e. The molecule has 0 aromatic heterocycles. The summed E-state index contributed by atoms with van der Waals surface area (Å²) in [6.45, 7) is 3.95. The van der Waals surface area contributed by atoms with Gasteiger partial charge in [-0.05, 0) is 56.5 Å². The second-order valence-corrected chi connectivity index (χ2v) is 7.09. The van der Waals surface area contributed by atoms with Crippen molar-refractivity contribution in [1.29, 1.82) is 0 Å². The molecule has 0 aliphatic carbocycles. The van der Waals surface area contributed by atoms with Crippen molar-refractivity contribution in [3.63, 3.8) is 0 Å². The van der Waals surface area contributed by atoms with Crippen molar-refractivity contribution in [3.8, 4) is 0 Å². The predicted molar refractivity (Wildman–Crippen MR) is 84.2 cm³/mol. The Bertz CT molecular complexity index is 417. The van der Waals surface area contributed by atoms with Crippen LogP contribution in [-0.2, 0) is 4.79 Å². The first kappa shape index (κ1) is 16.0. The lowest BCUT2D eigenvalue weighted by Gasteiger charge is -2.12. The highest BCUT2D eigenvalue weighted by Crippen LogP contribution is 2.32. The Morgan fingerprint density at radius 3 is 2.50 bits per heavy atom. The zero-order valence-electron chi connectivity index (χ0n) is 10.2. The van der Waals surface area contributed by atoms with E-state index in [1.807, 2.05) is 26.0 Å². The molecule has 1 atom stereocenters. The standard InChI is InChI=1S/C12H15Br2NO2S/c1-7-3-9(13)12(10(14)4-7)15-11(17)6-18-8(2)5-16/h3-4,8,16H,5-6H2,1-2H3,(H,15,17). The number of rotatable bonds is 5. The molecule has 0 heterocycles. The quantitative estimate of drug-likeness (QED) is 0.799. The number of hydrogen-bond acceptors (Lipinski definition) is 3. The lowest BCUT2D eigenvalue weighted by Crippen LogP contribution is -2.17. The van der Waals surface area contributed by atoms with Crippen LogP contribution in [-0.4, -0.2) is 28.6 Å². The average molecular weight is 397 g/mol. The summed E-state index contributed by atoms with van der Waals surface area (Å²) < 4.78 is 1.70. The first-order valence-electron chi connectivity index (χ1n) is 5.42. The third-order valence-electron chi connectivity index (χ3n) is 2.21. The molecule has 0 radical (unpaired) electrons. The van der Waals surface area contributed by atoms with Gasteiger partial charge in [0.2, 0.25) is 5.91 Å². The first-order chi connectivity index (χ1) is 8.43. The Kier molecular flexibility index (Phi) is 6.70. The van der Waals surface area contributed by atoms with Crippen molar-refractivity contribution >= 4 is 55.2 Å². The lowest BCUT2D eigenvalue weighted by atomic mass is 10.2. The molecule has 18 heavy (non-hydrogen) atoms. The van der Waals surface area contributed by atoms with Gasteiger partial charge in [0.25, 0.3) is 0 Å². The van der Waals surface area contributed by atoms with Crippen LogP contribution in [0.1, 0.15) is 12.5 Å². The van der Waals surface area contributed by atoms with Crippen molar-refractivity contribution in [3.05, 3.63) is 26.6 Å². The minimum atomic E-state index is -0.0782. The monoisotopic (exact) mass is 395 g/mol. The van der Waals surface area contributed by atoms with E-state index < -0.39 is 0 Å². The normalized spacial score (nSPS) is 12.3. The number of carbonyl (C=O) groups is 1. The third kappa shape index (κ3) is 4.91. The molecule has 1 aromatic carbocycles. The summed E-state index contributed by atoms with van der Waals surface area (Å²) in [5.74, 6) is 0.250. The number of benzene rings is 1. The van der Waals surface area contributed by atoms with Crippen LogP contribution in [0.5, 0.6) is 0 Å². The van der Waals surface area contributed by atoms with E-state index in [1.54, 1.807) is 0 Å². The maximum Gasteiger partial charge on any atom is 0.234 e. The van der Waals surface area contributed by atoms with Gasteiger partial charge in [-0.15, -0.1) is 11.8 Å². The summed E-state index contributed by atoms with van der Waals surface area (Å²) >= 11 is 8.28. The summed E-state index contributed by atoms with van der Waals surface area (Å²) in [6.07, 6.45) is 0. The molecule has 3 nitrogen and oxygen atoms in total. The van der Waals surface area contributed by atoms with Crippen LogP contribution in [0, 0.1) is 6.92 Å². The van der Waals surface area contributed by atoms with E-state index in [0.29, 0.717) is 5.75 Å². The molecule has 0 saturated carbocycles. The number of aryl methyl sites for hydroxylation is 1. The number of hydrogen-bond donors (Lipinski definition) is 2. The number of carbonyl (C=O) groups excluding carboxylic acids is 1. The van der Waals surface area contributed by atoms with Gasteiger partial charge in [-0.1, -0.05) is 6.92 Å². The van der Waals surface area contributed by atoms with Gasteiger partial charge in [-0.3, -0.25) is 4.79 Å². The Balaban J connectivity index is 2.65. The SMILES string of the molecule is Cc1cc(Br)c(NC(=O)CSC(C)CO)c(Br)c1. The number of anilines is 1. The van der Waals surface area contributed by atoms with Crippen molar-refractivity contribution in [1.82, 2.24) is 0 Å². The highest BCUT2D eigenvalue weighted by Gasteiger charge is 2.11. The van der Waals surface area contributed by atoms with Gasteiger partial charge in [0, 0.05) is 14.2 Å². The van der Waals surface area contributed by atoms with Crippen molar-refractivity contribution in [2.45, 2.75) is 19.1 Å². The molecule has 1 rings (SSSR count). The molecular weight excluding hydrogens is 382 g/mol. The predicted octanol–water partition coefficient (Wildman–Crippen LogP) is 3.57. The van der Waals surface area contributed by atoms with Gasteiger partial charge < -0.3 is 10.4 Å². The maximum absolute atomic E-state index is 11.8. The average Bonchev–Trinajstić information content (AvgIpc) is 2.30. The molecule has 0 saturated heterocycles. The number of aliphatic hydroxyl groups excluding tert-OH is 1. The summed E-state index contributed by atoms with van der Waals surface area (Å²) in [7, 11) is 0.